The molecular formula is C13H25N. The van der Waals surface area contributed by atoms with Crippen LogP contribution in [0.2, 0.25) is 0 Å². The summed E-state index contributed by atoms with van der Waals surface area (Å²) in [5, 5.41) is 0. The first-order chi connectivity index (χ1) is 6.83. The van der Waals surface area contributed by atoms with E-state index < -0.39 is 0 Å². The molecule has 0 aromatic heterocycles. The lowest BCUT2D eigenvalue weighted by molar-refractivity contribution is 0.515. The van der Waals surface area contributed by atoms with Gasteiger partial charge in [0, 0.05) is 6.04 Å². The third-order valence-corrected chi connectivity index (χ3v) is 3.09. The third kappa shape index (κ3) is 4.80. The summed E-state index contributed by atoms with van der Waals surface area (Å²) in [5.41, 5.74) is 7.56. The zero-order chi connectivity index (χ0) is 10.2. The zero-order valence-electron chi connectivity index (χ0n) is 9.60. The number of rotatable bonds is 5. The van der Waals surface area contributed by atoms with Crippen LogP contribution in [-0.2, 0) is 0 Å². The van der Waals surface area contributed by atoms with E-state index in [2.05, 4.69) is 13.0 Å². The van der Waals surface area contributed by atoms with Crippen LogP contribution in [0.1, 0.15) is 64.7 Å². The smallest absolute Gasteiger partial charge is 0.00761 e. The molecule has 1 rings (SSSR count). The van der Waals surface area contributed by atoms with Gasteiger partial charge in [0.25, 0.3) is 0 Å². The lowest BCUT2D eigenvalue weighted by Crippen LogP contribution is -2.23. The fourth-order valence-electron chi connectivity index (χ4n) is 2.19. The molecule has 1 heteroatoms. The van der Waals surface area contributed by atoms with Crippen molar-refractivity contribution in [2.45, 2.75) is 70.8 Å². The van der Waals surface area contributed by atoms with Crippen molar-refractivity contribution in [1.82, 2.24) is 0 Å². The van der Waals surface area contributed by atoms with Gasteiger partial charge in [-0.3, -0.25) is 0 Å². The normalized spacial score (nSPS) is 25.6. The molecule has 0 heterocycles. The van der Waals surface area contributed by atoms with Crippen LogP contribution in [0, 0.1) is 0 Å². The van der Waals surface area contributed by atoms with Crippen LogP contribution in [0.25, 0.3) is 0 Å². The molecule has 82 valence electrons. The van der Waals surface area contributed by atoms with Crippen molar-refractivity contribution in [2.75, 3.05) is 0 Å². The van der Waals surface area contributed by atoms with E-state index >= 15 is 0 Å². The number of allylic oxidation sites excluding steroid dienone is 1. The predicted molar refractivity (Wildman–Crippen MR) is 63.3 cm³/mol. The molecule has 2 N–H and O–H groups in total. The highest BCUT2D eigenvalue weighted by molar-refractivity contribution is 5.06. The van der Waals surface area contributed by atoms with Gasteiger partial charge in [-0.15, -0.1) is 0 Å². The van der Waals surface area contributed by atoms with Crippen molar-refractivity contribution in [2.24, 2.45) is 5.73 Å². The van der Waals surface area contributed by atoms with Gasteiger partial charge >= 0.3 is 0 Å². The first kappa shape index (κ1) is 11.8. The van der Waals surface area contributed by atoms with Gasteiger partial charge in [0.2, 0.25) is 0 Å². The monoisotopic (exact) mass is 195 g/mol. The minimum absolute atomic E-state index is 0.450. The van der Waals surface area contributed by atoms with E-state index in [0.717, 1.165) is 6.42 Å². The van der Waals surface area contributed by atoms with Crippen LogP contribution in [0.15, 0.2) is 11.6 Å². The van der Waals surface area contributed by atoms with E-state index in [1.54, 1.807) is 5.57 Å². The quantitative estimate of drug-likeness (QED) is 0.524. The van der Waals surface area contributed by atoms with E-state index in [0.29, 0.717) is 6.04 Å². The van der Waals surface area contributed by atoms with Crippen LogP contribution in [-0.4, -0.2) is 6.04 Å². The molecule has 0 aromatic carbocycles. The van der Waals surface area contributed by atoms with Gasteiger partial charge in [0.05, 0.1) is 0 Å². The number of unbranched alkanes of at least 4 members (excludes halogenated alkanes) is 4. The van der Waals surface area contributed by atoms with Crippen molar-refractivity contribution in [3.63, 3.8) is 0 Å². The van der Waals surface area contributed by atoms with Crippen LogP contribution in [0.4, 0.5) is 0 Å². The maximum atomic E-state index is 5.94. The second-order valence-electron chi connectivity index (χ2n) is 4.57. The Labute approximate surface area is 88.8 Å². The summed E-state index contributed by atoms with van der Waals surface area (Å²) in [6.07, 6.45) is 14.2. The molecule has 1 unspecified atom stereocenters. The molecule has 1 nitrogen and oxygen atoms in total. The summed E-state index contributed by atoms with van der Waals surface area (Å²) >= 11 is 0. The summed E-state index contributed by atoms with van der Waals surface area (Å²) in [6.45, 7) is 2.26. The first-order valence-corrected chi connectivity index (χ1v) is 6.26. The average molecular weight is 195 g/mol. The summed E-state index contributed by atoms with van der Waals surface area (Å²) in [6, 6.07) is 0.450. The third-order valence-electron chi connectivity index (χ3n) is 3.09. The average Bonchev–Trinajstić information content (AvgIpc) is 2.18. The van der Waals surface area contributed by atoms with Gasteiger partial charge in [-0.25, -0.2) is 0 Å². The molecule has 0 spiro atoms. The van der Waals surface area contributed by atoms with Gasteiger partial charge in [-0.2, -0.15) is 0 Å². The van der Waals surface area contributed by atoms with E-state index in [9.17, 15) is 0 Å². The molecule has 1 fully saturated rings. The number of hydrogen-bond acceptors (Lipinski definition) is 1. The Kier molecular flexibility index (Phi) is 5.93. The minimum Gasteiger partial charge on any atom is -0.327 e. The highest BCUT2D eigenvalue weighted by Gasteiger charge is 2.11. The summed E-state index contributed by atoms with van der Waals surface area (Å²) in [5.74, 6) is 0. The molecule has 0 aromatic rings. The van der Waals surface area contributed by atoms with Gasteiger partial charge in [0.1, 0.15) is 0 Å². The maximum Gasteiger partial charge on any atom is 0.00761 e. The molecule has 0 radical (unpaired) electrons. The van der Waals surface area contributed by atoms with Crippen molar-refractivity contribution in [3.8, 4) is 0 Å². The molecule has 14 heavy (non-hydrogen) atoms. The van der Waals surface area contributed by atoms with Crippen LogP contribution in [0.3, 0.4) is 0 Å². The van der Waals surface area contributed by atoms with E-state index in [1.165, 1.54) is 51.4 Å². The molecule has 1 atom stereocenters. The highest BCUT2D eigenvalue weighted by atomic mass is 14.6. The first-order valence-electron chi connectivity index (χ1n) is 6.26. The molecular weight excluding hydrogens is 170 g/mol. The van der Waals surface area contributed by atoms with Crippen molar-refractivity contribution >= 4 is 0 Å². The van der Waals surface area contributed by atoms with Gasteiger partial charge in [0.15, 0.2) is 0 Å². The Hall–Kier alpha value is -0.300. The van der Waals surface area contributed by atoms with Crippen LogP contribution < -0.4 is 5.73 Å². The van der Waals surface area contributed by atoms with Gasteiger partial charge in [-0.1, -0.05) is 37.8 Å². The summed E-state index contributed by atoms with van der Waals surface area (Å²) in [4.78, 5) is 0. The Morgan fingerprint density at radius 1 is 1.36 bits per heavy atom. The Morgan fingerprint density at radius 2 is 2.21 bits per heavy atom. The molecule has 0 saturated heterocycles. The summed E-state index contributed by atoms with van der Waals surface area (Å²) < 4.78 is 0. The van der Waals surface area contributed by atoms with Gasteiger partial charge in [-0.05, 0) is 38.5 Å². The molecule has 0 amide bonds. The number of hydrogen-bond donors (Lipinski definition) is 1. The lowest BCUT2D eigenvalue weighted by atomic mass is 9.90. The van der Waals surface area contributed by atoms with E-state index in [1.807, 2.05) is 0 Å². The molecule has 1 saturated carbocycles. The zero-order valence-corrected chi connectivity index (χ0v) is 9.60. The SMILES string of the molecule is CCCCCCC=C1CCCC(N)C1. The largest absolute Gasteiger partial charge is 0.327 e. The van der Waals surface area contributed by atoms with Crippen LogP contribution in [0.5, 0.6) is 0 Å². The minimum atomic E-state index is 0.450. The predicted octanol–water partition coefficient (Wildman–Crippen LogP) is 3.78. The van der Waals surface area contributed by atoms with E-state index in [4.69, 9.17) is 5.73 Å². The maximum absolute atomic E-state index is 5.94. The van der Waals surface area contributed by atoms with Crippen LogP contribution >= 0.6 is 0 Å². The Morgan fingerprint density at radius 3 is 2.93 bits per heavy atom. The van der Waals surface area contributed by atoms with Crippen molar-refractivity contribution in [3.05, 3.63) is 11.6 Å². The number of nitrogens with two attached hydrogens (primary N) is 1. The van der Waals surface area contributed by atoms with Crippen molar-refractivity contribution in [1.29, 1.82) is 0 Å². The second kappa shape index (κ2) is 7.05. The second-order valence-corrected chi connectivity index (χ2v) is 4.57. The molecule has 1 aliphatic carbocycles. The Balaban J connectivity index is 2.10. The fraction of sp³-hybridized carbons (Fsp3) is 0.846. The van der Waals surface area contributed by atoms with E-state index in [-0.39, 0.29) is 0 Å². The highest BCUT2D eigenvalue weighted by Crippen LogP contribution is 2.23. The molecule has 0 bridgehead atoms. The van der Waals surface area contributed by atoms with Gasteiger partial charge < -0.3 is 5.73 Å². The topological polar surface area (TPSA) is 26.0 Å². The summed E-state index contributed by atoms with van der Waals surface area (Å²) in [7, 11) is 0. The lowest BCUT2D eigenvalue weighted by Gasteiger charge is -2.20. The standard InChI is InChI=1S/C13H25N/c1-2-3-4-5-6-8-12-9-7-10-13(14)11-12/h8,13H,2-7,9-11,14H2,1H3. The van der Waals surface area contributed by atoms with Crippen molar-refractivity contribution < 1.29 is 0 Å². The molecule has 0 aliphatic heterocycles. The molecule has 1 aliphatic rings. The fourth-order valence-corrected chi connectivity index (χ4v) is 2.19. The Bertz CT molecular complexity index is 172.